The Morgan fingerprint density at radius 3 is 2.44 bits per heavy atom. The van der Waals surface area contributed by atoms with E-state index in [1.165, 1.54) is 0 Å². The van der Waals surface area contributed by atoms with Crippen molar-refractivity contribution in [2.24, 2.45) is 0 Å². The minimum atomic E-state index is 0.0684. The molecular weight excluding hydrogens is 244 g/mol. The van der Waals surface area contributed by atoms with Gasteiger partial charge in [-0.25, -0.2) is 0 Å². The molecule has 0 bridgehead atoms. The van der Waals surface area contributed by atoms with E-state index >= 15 is 0 Å². The SMILES string of the molecule is CCCC(C)NC(=S)Nc1ccc(C(C)=O)cc1. The Morgan fingerprint density at radius 2 is 1.94 bits per heavy atom. The Balaban J connectivity index is 2.51. The Labute approximate surface area is 114 Å². The Bertz CT molecular complexity index is 414. The molecule has 0 aliphatic carbocycles. The highest BCUT2D eigenvalue weighted by atomic mass is 32.1. The van der Waals surface area contributed by atoms with Crippen molar-refractivity contribution in [1.82, 2.24) is 5.32 Å². The lowest BCUT2D eigenvalue weighted by molar-refractivity contribution is 0.101. The van der Waals surface area contributed by atoms with Crippen molar-refractivity contribution in [3.8, 4) is 0 Å². The van der Waals surface area contributed by atoms with Crippen molar-refractivity contribution in [2.75, 3.05) is 5.32 Å². The highest BCUT2D eigenvalue weighted by Gasteiger charge is 2.04. The van der Waals surface area contributed by atoms with Crippen LogP contribution in [0.1, 0.15) is 44.0 Å². The molecule has 1 atom stereocenters. The first-order chi connectivity index (χ1) is 8.52. The summed E-state index contributed by atoms with van der Waals surface area (Å²) in [5.74, 6) is 0.0684. The summed E-state index contributed by atoms with van der Waals surface area (Å²) in [5, 5.41) is 6.94. The van der Waals surface area contributed by atoms with Gasteiger partial charge in [-0.1, -0.05) is 13.3 Å². The number of ketones is 1. The lowest BCUT2D eigenvalue weighted by Gasteiger charge is -2.16. The second-order valence-corrected chi connectivity index (χ2v) is 4.83. The van der Waals surface area contributed by atoms with Crippen LogP contribution in [-0.4, -0.2) is 16.9 Å². The van der Waals surface area contributed by atoms with Gasteiger partial charge in [0.2, 0.25) is 0 Å². The molecule has 1 aromatic rings. The monoisotopic (exact) mass is 264 g/mol. The van der Waals surface area contributed by atoms with Crippen molar-refractivity contribution >= 4 is 28.8 Å². The fourth-order valence-corrected chi connectivity index (χ4v) is 2.00. The second kappa shape index (κ2) is 7.11. The average molecular weight is 264 g/mol. The van der Waals surface area contributed by atoms with Crippen LogP contribution in [-0.2, 0) is 0 Å². The second-order valence-electron chi connectivity index (χ2n) is 4.42. The third-order valence-corrected chi connectivity index (χ3v) is 2.87. The maximum Gasteiger partial charge on any atom is 0.170 e. The van der Waals surface area contributed by atoms with Gasteiger partial charge in [0.1, 0.15) is 0 Å². The van der Waals surface area contributed by atoms with E-state index in [0.717, 1.165) is 18.5 Å². The Kier molecular flexibility index (Phi) is 5.78. The largest absolute Gasteiger partial charge is 0.360 e. The minimum Gasteiger partial charge on any atom is -0.360 e. The van der Waals surface area contributed by atoms with Crippen LogP contribution in [0.4, 0.5) is 5.69 Å². The zero-order valence-corrected chi connectivity index (χ0v) is 11.9. The predicted octanol–water partition coefficient (Wildman–Crippen LogP) is 3.36. The number of carbonyl (C=O) groups is 1. The minimum absolute atomic E-state index is 0.0684. The zero-order valence-electron chi connectivity index (χ0n) is 11.1. The van der Waals surface area contributed by atoms with E-state index in [9.17, 15) is 4.79 Å². The number of rotatable bonds is 5. The van der Waals surface area contributed by atoms with E-state index in [2.05, 4.69) is 24.5 Å². The summed E-state index contributed by atoms with van der Waals surface area (Å²) >= 11 is 5.22. The van der Waals surface area contributed by atoms with Crippen molar-refractivity contribution in [3.05, 3.63) is 29.8 Å². The number of Topliss-reactive ketones (excluding diaryl/α,β-unsaturated/α-hetero) is 1. The molecule has 4 heteroatoms. The first-order valence-corrected chi connectivity index (χ1v) is 6.62. The molecule has 0 saturated carbocycles. The quantitative estimate of drug-likeness (QED) is 0.632. The van der Waals surface area contributed by atoms with Crippen LogP contribution in [0.2, 0.25) is 0 Å². The average Bonchev–Trinajstić information content (AvgIpc) is 2.29. The lowest BCUT2D eigenvalue weighted by atomic mass is 10.1. The summed E-state index contributed by atoms with van der Waals surface area (Å²) in [6.07, 6.45) is 2.22. The summed E-state index contributed by atoms with van der Waals surface area (Å²) in [6.45, 7) is 5.81. The summed E-state index contributed by atoms with van der Waals surface area (Å²) in [5.41, 5.74) is 1.60. The van der Waals surface area contributed by atoms with Crippen LogP contribution >= 0.6 is 12.2 Å². The molecule has 98 valence electrons. The fraction of sp³-hybridized carbons (Fsp3) is 0.429. The molecule has 0 spiro atoms. The van der Waals surface area contributed by atoms with Crippen molar-refractivity contribution in [1.29, 1.82) is 0 Å². The number of thiocarbonyl (C=S) groups is 1. The lowest BCUT2D eigenvalue weighted by Crippen LogP contribution is -2.35. The molecule has 3 nitrogen and oxygen atoms in total. The smallest absolute Gasteiger partial charge is 0.170 e. The van der Waals surface area contributed by atoms with Crippen LogP contribution in [0.25, 0.3) is 0 Å². The van der Waals surface area contributed by atoms with Gasteiger partial charge in [0, 0.05) is 17.3 Å². The summed E-state index contributed by atoms with van der Waals surface area (Å²) < 4.78 is 0. The van der Waals surface area contributed by atoms with Gasteiger partial charge >= 0.3 is 0 Å². The van der Waals surface area contributed by atoms with Gasteiger partial charge in [-0.2, -0.15) is 0 Å². The molecular formula is C14H20N2OS. The maximum absolute atomic E-state index is 11.1. The van der Waals surface area contributed by atoms with E-state index in [-0.39, 0.29) is 5.78 Å². The molecule has 1 rings (SSSR count). The third kappa shape index (κ3) is 4.84. The number of hydrogen-bond acceptors (Lipinski definition) is 2. The Hall–Kier alpha value is -1.42. The van der Waals surface area contributed by atoms with Crippen LogP contribution < -0.4 is 10.6 Å². The molecule has 1 aromatic carbocycles. The maximum atomic E-state index is 11.1. The van der Waals surface area contributed by atoms with Crippen molar-refractivity contribution < 1.29 is 4.79 Å². The summed E-state index contributed by atoms with van der Waals surface area (Å²) in [4.78, 5) is 11.1. The summed E-state index contributed by atoms with van der Waals surface area (Å²) in [6, 6.07) is 7.67. The van der Waals surface area contributed by atoms with Crippen molar-refractivity contribution in [2.45, 2.75) is 39.7 Å². The molecule has 0 radical (unpaired) electrons. The van der Waals surface area contributed by atoms with E-state index < -0.39 is 0 Å². The van der Waals surface area contributed by atoms with Gasteiger partial charge in [0.15, 0.2) is 10.9 Å². The van der Waals surface area contributed by atoms with Gasteiger partial charge in [-0.05, 0) is 56.8 Å². The van der Waals surface area contributed by atoms with E-state index in [0.29, 0.717) is 16.7 Å². The molecule has 0 saturated heterocycles. The molecule has 1 unspecified atom stereocenters. The van der Waals surface area contributed by atoms with Gasteiger partial charge < -0.3 is 10.6 Å². The molecule has 2 N–H and O–H groups in total. The van der Waals surface area contributed by atoms with Crippen LogP contribution in [0.5, 0.6) is 0 Å². The third-order valence-electron chi connectivity index (χ3n) is 2.65. The molecule has 0 aliphatic rings. The number of anilines is 1. The Morgan fingerprint density at radius 1 is 1.33 bits per heavy atom. The van der Waals surface area contributed by atoms with Gasteiger partial charge in [-0.15, -0.1) is 0 Å². The van der Waals surface area contributed by atoms with Gasteiger partial charge in [0.05, 0.1) is 0 Å². The van der Waals surface area contributed by atoms with Crippen LogP contribution in [0.3, 0.4) is 0 Å². The molecule has 0 aromatic heterocycles. The fourth-order valence-electron chi connectivity index (χ4n) is 1.68. The molecule has 18 heavy (non-hydrogen) atoms. The van der Waals surface area contributed by atoms with Crippen LogP contribution in [0.15, 0.2) is 24.3 Å². The molecule has 0 fully saturated rings. The standard InChI is InChI=1S/C14H20N2OS/c1-4-5-10(2)15-14(18)16-13-8-6-12(7-9-13)11(3)17/h6-10H,4-5H2,1-3H3,(H2,15,16,18). The molecule has 0 aliphatic heterocycles. The van der Waals surface area contributed by atoms with Gasteiger partial charge in [0.25, 0.3) is 0 Å². The number of carbonyl (C=O) groups excluding carboxylic acids is 1. The number of benzene rings is 1. The van der Waals surface area contributed by atoms with Gasteiger partial charge in [-0.3, -0.25) is 4.79 Å². The highest BCUT2D eigenvalue weighted by Crippen LogP contribution is 2.10. The van der Waals surface area contributed by atoms with E-state index in [4.69, 9.17) is 12.2 Å². The normalized spacial score (nSPS) is 11.7. The molecule has 0 heterocycles. The van der Waals surface area contributed by atoms with Crippen molar-refractivity contribution in [3.63, 3.8) is 0 Å². The first kappa shape index (κ1) is 14.6. The number of nitrogens with one attached hydrogen (secondary N) is 2. The highest BCUT2D eigenvalue weighted by molar-refractivity contribution is 7.80. The predicted molar refractivity (Wildman–Crippen MR) is 80.2 cm³/mol. The van der Waals surface area contributed by atoms with Crippen LogP contribution in [0, 0.1) is 0 Å². The first-order valence-electron chi connectivity index (χ1n) is 6.21. The zero-order chi connectivity index (χ0) is 13.5. The summed E-state index contributed by atoms with van der Waals surface area (Å²) in [7, 11) is 0. The topological polar surface area (TPSA) is 41.1 Å². The van der Waals surface area contributed by atoms with E-state index in [1.807, 2.05) is 12.1 Å². The number of hydrogen-bond donors (Lipinski definition) is 2. The molecule has 0 amide bonds. The van der Waals surface area contributed by atoms with E-state index in [1.54, 1.807) is 19.1 Å².